The van der Waals surface area contributed by atoms with Crippen LogP contribution in [-0.2, 0) is 0 Å². The van der Waals surface area contributed by atoms with Crippen LogP contribution in [0.3, 0.4) is 0 Å². The Kier molecular flexibility index (Phi) is 3.92. The second kappa shape index (κ2) is 5.85. The summed E-state index contributed by atoms with van der Waals surface area (Å²) in [7, 11) is 0. The van der Waals surface area contributed by atoms with Crippen LogP contribution in [0.25, 0.3) is 0 Å². The van der Waals surface area contributed by atoms with Gasteiger partial charge in [-0.3, -0.25) is 0 Å². The van der Waals surface area contributed by atoms with Crippen LogP contribution in [0.15, 0.2) is 30.5 Å². The average Bonchev–Trinajstić information content (AvgIpc) is 2.50. The molecule has 0 bridgehead atoms. The summed E-state index contributed by atoms with van der Waals surface area (Å²) < 4.78 is 13.8. The molecule has 0 N–H and O–H groups in total. The van der Waals surface area contributed by atoms with E-state index in [2.05, 4.69) is 46.1 Å². The summed E-state index contributed by atoms with van der Waals surface area (Å²) in [6.07, 6.45) is 1.12. The molecule has 1 aliphatic heterocycles. The Hall–Kier alpha value is -1.88. The Bertz CT molecular complexity index is 641. The Morgan fingerprint density at radius 2 is 1.86 bits per heavy atom. The van der Waals surface area contributed by atoms with Crippen molar-refractivity contribution in [3.8, 4) is 0 Å². The molecule has 1 saturated heterocycles. The van der Waals surface area contributed by atoms with E-state index in [1.54, 1.807) is 0 Å². The number of hydrogen-bond donors (Lipinski definition) is 0. The largest absolute Gasteiger partial charge is 0.368 e. The number of hydrogen-bond acceptors (Lipinski definition) is 4. The van der Waals surface area contributed by atoms with Crippen molar-refractivity contribution < 1.29 is 4.39 Å². The minimum Gasteiger partial charge on any atom is -0.368 e. The maximum atomic E-state index is 13.8. The molecule has 0 saturated carbocycles. The van der Waals surface area contributed by atoms with E-state index in [1.165, 1.54) is 11.3 Å². The lowest BCUT2D eigenvalue weighted by atomic mass is 10.2. The Labute approximate surface area is 128 Å². The van der Waals surface area contributed by atoms with Gasteiger partial charge in [0.1, 0.15) is 0 Å². The second-order valence-corrected chi connectivity index (χ2v) is 5.46. The van der Waals surface area contributed by atoms with E-state index in [4.69, 9.17) is 11.6 Å². The fraction of sp³-hybridized carbons (Fsp3) is 0.333. The summed E-state index contributed by atoms with van der Waals surface area (Å²) in [5.41, 5.74) is 2.44. The summed E-state index contributed by atoms with van der Waals surface area (Å²) >= 11 is 5.75. The molecule has 21 heavy (non-hydrogen) atoms. The van der Waals surface area contributed by atoms with E-state index in [0.717, 1.165) is 19.3 Å². The zero-order valence-electron chi connectivity index (χ0n) is 11.8. The summed E-state index contributed by atoms with van der Waals surface area (Å²) in [6.45, 7) is 5.14. The van der Waals surface area contributed by atoms with Crippen molar-refractivity contribution in [3.63, 3.8) is 0 Å². The Morgan fingerprint density at radius 1 is 1.14 bits per heavy atom. The van der Waals surface area contributed by atoms with Gasteiger partial charge in [0.25, 0.3) is 0 Å². The van der Waals surface area contributed by atoms with E-state index >= 15 is 0 Å². The molecule has 0 unspecified atom stereocenters. The molecule has 0 amide bonds. The fourth-order valence-corrected chi connectivity index (χ4v) is 2.69. The lowest BCUT2D eigenvalue weighted by Gasteiger charge is -2.36. The van der Waals surface area contributed by atoms with Gasteiger partial charge in [-0.15, -0.1) is 0 Å². The standard InChI is InChI=1S/C15H16ClFN4/c1-11-3-2-4-12(9-11)20-5-7-21(8-6-20)14-13(17)10-18-15(16)19-14/h2-4,9-10H,5-8H2,1H3. The minimum absolute atomic E-state index is 0.0764. The molecule has 6 heteroatoms. The van der Waals surface area contributed by atoms with E-state index in [9.17, 15) is 4.39 Å². The number of anilines is 2. The van der Waals surface area contributed by atoms with Gasteiger partial charge in [-0.25, -0.2) is 9.37 Å². The highest BCUT2D eigenvalue weighted by Gasteiger charge is 2.21. The zero-order chi connectivity index (χ0) is 14.8. The number of nitrogens with zero attached hydrogens (tertiary/aromatic N) is 4. The molecule has 0 aliphatic carbocycles. The summed E-state index contributed by atoms with van der Waals surface area (Å²) in [5, 5.41) is 0.0764. The summed E-state index contributed by atoms with van der Waals surface area (Å²) in [5.74, 6) is -0.137. The number of aromatic nitrogens is 2. The first-order valence-corrected chi connectivity index (χ1v) is 7.26. The topological polar surface area (TPSA) is 32.3 Å². The molecule has 0 spiro atoms. The number of benzene rings is 1. The van der Waals surface area contributed by atoms with Crippen molar-refractivity contribution in [2.75, 3.05) is 36.0 Å². The molecule has 1 aliphatic rings. The molecule has 0 radical (unpaired) electrons. The number of halogens is 2. The predicted octanol–water partition coefficient (Wildman–Crippen LogP) is 2.90. The van der Waals surface area contributed by atoms with E-state index in [1.807, 2.05) is 4.90 Å². The first kappa shape index (κ1) is 14.1. The molecule has 1 aromatic carbocycles. The van der Waals surface area contributed by atoms with Gasteiger partial charge in [0.05, 0.1) is 6.20 Å². The van der Waals surface area contributed by atoms with Gasteiger partial charge in [-0.1, -0.05) is 12.1 Å². The van der Waals surface area contributed by atoms with Crippen LogP contribution in [0.2, 0.25) is 5.28 Å². The van der Waals surface area contributed by atoms with Gasteiger partial charge in [-0.05, 0) is 36.2 Å². The average molecular weight is 307 g/mol. The molecule has 0 atom stereocenters. The van der Waals surface area contributed by atoms with Gasteiger partial charge >= 0.3 is 0 Å². The first-order chi connectivity index (χ1) is 10.1. The van der Waals surface area contributed by atoms with Crippen molar-refractivity contribution in [1.29, 1.82) is 0 Å². The maximum Gasteiger partial charge on any atom is 0.224 e. The van der Waals surface area contributed by atoms with E-state index < -0.39 is 5.82 Å². The van der Waals surface area contributed by atoms with Crippen molar-refractivity contribution in [2.24, 2.45) is 0 Å². The van der Waals surface area contributed by atoms with Crippen LogP contribution in [-0.4, -0.2) is 36.1 Å². The maximum absolute atomic E-state index is 13.8. The molecule has 4 nitrogen and oxygen atoms in total. The van der Waals surface area contributed by atoms with E-state index in [0.29, 0.717) is 18.9 Å². The normalized spacial score (nSPS) is 15.4. The number of rotatable bonds is 2. The third-order valence-corrected chi connectivity index (χ3v) is 3.82. The van der Waals surface area contributed by atoms with Crippen molar-refractivity contribution in [1.82, 2.24) is 9.97 Å². The van der Waals surface area contributed by atoms with Crippen LogP contribution in [0, 0.1) is 12.7 Å². The molecule has 2 heterocycles. The SMILES string of the molecule is Cc1cccc(N2CCN(c3nc(Cl)ncc3F)CC2)c1. The molecule has 1 aromatic heterocycles. The van der Waals surface area contributed by atoms with E-state index in [-0.39, 0.29) is 5.28 Å². The third kappa shape index (κ3) is 3.08. The quantitative estimate of drug-likeness (QED) is 0.799. The number of aryl methyl sites for hydroxylation is 1. The zero-order valence-corrected chi connectivity index (χ0v) is 12.5. The van der Waals surface area contributed by atoms with Gasteiger partial charge < -0.3 is 9.80 Å². The van der Waals surface area contributed by atoms with Gasteiger partial charge in [0, 0.05) is 31.9 Å². The predicted molar refractivity (Wildman–Crippen MR) is 82.6 cm³/mol. The smallest absolute Gasteiger partial charge is 0.224 e. The Morgan fingerprint density at radius 3 is 2.57 bits per heavy atom. The highest BCUT2D eigenvalue weighted by molar-refractivity contribution is 6.28. The highest BCUT2D eigenvalue weighted by Crippen LogP contribution is 2.22. The number of piperazine rings is 1. The van der Waals surface area contributed by atoms with Crippen LogP contribution in [0.1, 0.15) is 5.56 Å². The molecule has 3 rings (SSSR count). The lowest BCUT2D eigenvalue weighted by molar-refractivity contribution is 0.583. The van der Waals surface area contributed by atoms with Gasteiger partial charge in [0.15, 0.2) is 11.6 Å². The third-order valence-electron chi connectivity index (χ3n) is 3.64. The van der Waals surface area contributed by atoms with Gasteiger partial charge in [-0.2, -0.15) is 4.98 Å². The van der Waals surface area contributed by atoms with Crippen LogP contribution >= 0.6 is 11.6 Å². The molecule has 2 aromatic rings. The van der Waals surface area contributed by atoms with Crippen molar-refractivity contribution in [3.05, 3.63) is 47.1 Å². The summed E-state index contributed by atoms with van der Waals surface area (Å²) in [6, 6.07) is 8.40. The monoisotopic (exact) mass is 306 g/mol. The molecular formula is C15H16ClFN4. The fourth-order valence-electron chi connectivity index (χ4n) is 2.56. The summed E-state index contributed by atoms with van der Waals surface area (Å²) in [4.78, 5) is 11.9. The molecule has 110 valence electrons. The van der Waals surface area contributed by atoms with Crippen LogP contribution in [0.5, 0.6) is 0 Å². The Balaban J connectivity index is 1.72. The first-order valence-electron chi connectivity index (χ1n) is 6.88. The minimum atomic E-state index is -0.427. The molecular weight excluding hydrogens is 291 g/mol. The second-order valence-electron chi connectivity index (χ2n) is 5.12. The lowest BCUT2D eigenvalue weighted by Crippen LogP contribution is -2.47. The van der Waals surface area contributed by atoms with Crippen LogP contribution < -0.4 is 9.80 Å². The van der Waals surface area contributed by atoms with Crippen molar-refractivity contribution >= 4 is 23.1 Å². The van der Waals surface area contributed by atoms with Gasteiger partial charge in [0.2, 0.25) is 5.28 Å². The molecule has 1 fully saturated rings. The van der Waals surface area contributed by atoms with Crippen LogP contribution in [0.4, 0.5) is 15.9 Å². The van der Waals surface area contributed by atoms with Crippen molar-refractivity contribution in [2.45, 2.75) is 6.92 Å². The highest BCUT2D eigenvalue weighted by atomic mass is 35.5.